The van der Waals surface area contributed by atoms with Gasteiger partial charge in [0.1, 0.15) is 0 Å². The van der Waals surface area contributed by atoms with Crippen LogP contribution < -0.4 is 11.1 Å². The third-order valence-corrected chi connectivity index (χ3v) is 3.10. The maximum absolute atomic E-state index is 12.2. The standard InChI is InChI=1S/C14H19N5O/c1-8(2)12-11(15)13(19-18-12)14(20)17-9(3)10-6-4-5-7-16-10/h4-9H,15H2,1-3H3,(H,17,20)(H,18,19). The van der Waals surface area contributed by atoms with Gasteiger partial charge in [-0.1, -0.05) is 19.9 Å². The number of amides is 1. The van der Waals surface area contributed by atoms with Crippen LogP contribution in [-0.2, 0) is 0 Å². The predicted molar refractivity (Wildman–Crippen MR) is 77.2 cm³/mol. The zero-order valence-electron chi connectivity index (χ0n) is 11.8. The molecule has 0 saturated carbocycles. The Bertz CT molecular complexity index is 591. The topological polar surface area (TPSA) is 96.7 Å². The van der Waals surface area contributed by atoms with E-state index in [1.165, 1.54) is 0 Å². The quantitative estimate of drug-likeness (QED) is 0.793. The highest BCUT2D eigenvalue weighted by molar-refractivity contribution is 5.97. The summed E-state index contributed by atoms with van der Waals surface area (Å²) in [5.41, 5.74) is 8.16. The SMILES string of the molecule is CC(C)c1[nH]nc(C(=O)NC(C)c2ccccn2)c1N. The van der Waals surface area contributed by atoms with Crippen molar-refractivity contribution in [2.75, 3.05) is 5.73 Å². The largest absolute Gasteiger partial charge is 0.395 e. The summed E-state index contributed by atoms with van der Waals surface area (Å²) >= 11 is 0. The third-order valence-electron chi connectivity index (χ3n) is 3.10. The average Bonchev–Trinajstić information content (AvgIpc) is 2.81. The Morgan fingerprint density at radius 2 is 2.10 bits per heavy atom. The van der Waals surface area contributed by atoms with E-state index in [1.807, 2.05) is 39.0 Å². The second kappa shape index (κ2) is 5.73. The van der Waals surface area contributed by atoms with Crippen LogP contribution in [0.1, 0.15) is 54.6 Å². The molecule has 0 spiro atoms. The van der Waals surface area contributed by atoms with E-state index < -0.39 is 0 Å². The highest BCUT2D eigenvalue weighted by Crippen LogP contribution is 2.22. The molecule has 2 aromatic rings. The van der Waals surface area contributed by atoms with Crippen LogP contribution in [0.15, 0.2) is 24.4 Å². The lowest BCUT2D eigenvalue weighted by molar-refractivity contribution is 0.0935. The van der Waals surface area contributed by atoms with E-state index in [1.54, 1.807) is 6.20 Å². The molecule has 0 aliphatic heterocycles. The van der Waals surface area contributed by atoms with Gasteiger partial charge in [-0.2, -0.15) is 5.10 Å². The van der Waals surface area contributed by atoms with Crippen molar-refractivity contribution >= 4 is 11.6 Å². The van der Waals surface area contributed by atoms with Crippen LogP contribution in [0, 0.1) is 0 Å². The number of aromatic nitrogens is 3. The molecule has 2 rings (SSSR count). The number of hydrogen-bond acceptors (Lipinski definition) is 4. The molecular formula is C14H19N5O. The predicted octanol–water partition coefficient (Wildman–Crippen LogP) is 2.00. The molecule has 2 aromatic heterocycles. The van der Waals surface area contributed by atoms with Crippen LogP contribution in [0.25, 0.3) is 0 Å². The van der Waals surface area contributed by atoms with Gasteiger partial charge in [0.2, 0.25) is 0 Å². The molecule has 0 fully saturated rings. The van der Waals surface area contributed by atoms with Gasteiger partial charge in [-0.3, -0.25) is 14.9 Å². The van der Waals surface area contributed by atoms with Crippen molar-refractivity contribution in [3.63, 3.8) is 0 Å². The first-order valence-electron chi connectivity index (χ1n) is 6.56. The van der Waals surface area contributed by atoms with Gasteiger partial charge in [0, 0.05) is 6.20 Å². The normalized spacial score (nSPS) is 12.4. The van der Waals surface area contributed by atoms with Gasteiger partial charge >= 0.3 is 0 Å². The van der Waals surface area contributed by atoms with Crippen molar-refractivity contribution in [1.29, 1.82) is 0 Å². The molecular weight excluding hydrogens is 254 g/mol. The number of carbonyl (C=O) groups excluding carboxylic acids is 1. The van der Waals surface area contributed by atoms with E-state index >= 15 is 0 Å². The minimum Gasteiger partial charge on any atom is -0.395 e. The highest BCUT2D eigenvalue weighted by atomic mass is 16.2. The summed E-state index contributed by atoms with van der Waals surface area (Å²) in [6.07, 6.45) is 1.69. The molecule has 6 nitrogen and oxygen atoms in total. The first-order chi connectivity index (χ1) is 9.50. The lowest BCUT2D eigenvalue weighted by Gasteiger charge is -2.12. The Hall–Kier alpha value is -2.37. The van der Waals surface area contributed by atoms with Crippen molar-refractivity contribution in [2.45, 2.75) is 32.7 Å². The van der Waals surface area contributed by atoms with Gasteiger partial charge in [0.15, 0.2) is 5.69 Å². The maximum atomic E-state index is 12.2. The number of carbonyl (C=O) groups is 1. The van der Waals surface area contributed by atoms with E-state index in [9.17, 15) is 4.79 Å². The van der Waals surface area contributed by atoms with E-state index in [0.29, 0.717) is 5.69 Å². The molecule has 1 atom stereocenters. The summed E-state index contributed by atoms with van der Waals surface area (Å²) in [6, 6.07) is 5.37. The van der Waals surface area contributed by atoms with E-state index in [2.05, 4.69) is 20.5 Å². The molecule has 0 aliphatic carbocycles. The smallest absolute Gasteiger partial charge is 0.274 e. The number of pyridine rings is 1. The van der Waals surface area contributed by atoms with Crippen LogP contribution in [-0.4, -0.2) is 21.1 Å². The molecule has 0 bridgehead atoms. The molecule has 6 heteroatoms. The van der Waals surface area contributed by atoms with Crippen LogP contribution in [0.5, 0.6) is 0 Å². The first-order valence-corrected chi connectivity index (χ1v) is 6.56. The Morgan fingerprint density at radius 1 is 1.35 bits per heavy atom. The summed E-state index contributed by atoms with van der Waals surface area (Å²) in [6.45, 7) is 5.84. The third kappa shape index (κ3) is 2.79. The van der Waals surface area contributed by atoms with Crippen molar-refractivity contribution in [3.8, 4) is 0 Å². The molecule has 2 heterocycles. The molecule has 4 N–H and O–H groups in total. The number of nitrogen functional groups attached to an aromatic ring is 1. The number of rotatable bonds is 4. The van der Waals surface area contributed by atoms with E-state index in [-0.39, 0.29) is 23.6 Å². The minimum atomic E-state index is -0.302. The number of nitrogens with two attached hydrogens (primary N) is 1. The van der Waals surface area contributed by atoms with Crippen LogP contribution >= 0.6 is 0 Å². The van der Waals surface area contributed by atoms with Crippen molar-refractivity contribution < 1.29 is 4.79 Å². The molecule has 20 heavy (non-hydrogen) atoms. The van der Waals surface area contributed by atoms with Gasteiger partial charge in [-0.05, 0) is 25.0 Å². The van der Waals surface area contributed by atoms with Crippen molar-refractivity contribution in [2.24, 2.45) is 0 Å². The van der Waals surface area contributed by atoms with E-state index in [0.717, 1.165) is 11.4 Å². The molecule has 0 saturated heterocycles. The second-order valence-corrected chi connectivity index (χ2v) is 5.00. The molecule has 1 unspecified atom stereocenters. The van der Waals surface area contributed by atoms with Gasteiger partial charge in [0.05, 0.1) is 23.1 Å². The van der Waals surface area contributed by atoms with Gasteiger partial charge in [-0.25, -0.2) is 0 Å². The zero-order chi connectivity index (χ0) is 14.7. The maximum Gasteiger partial charge on any atom is 0.274 e. The summed E-state index contributed by atoms with van der Waals surface area (Å²) in [5, 5.41) is 9.66. The first kappa shape index (κ1) is 14.0. The number of nitrogens with one attached hydrogen (secondary N) is 2. The zero-order valence-corrected chi connectivity index (χ0v) is 11.8. The molecule has 0 aromatic carbocycles. The van der Waals surface area contributed by atoms with Crippen molar-refractivity contribution in [3.05, 3.63) is 41.5 Å². The number of anilines is 1. The molecule has 0 aliphatic rings. The Kier molecular flexibility index (Phi) is 4.02. The fourth-order valence-corrected chi connectivity index (χ4v) is 1.95. The number of nitrogens with zero attached hydrogens (tertiary/aromatic N) is 2. The van der Waals surface area contributed by atoms with Crippen LogP contribution in [0.4, 0.5) is 5.69 Å². The number of H-pyrrole nitrogens is 1. The summed E-state index contributed by atoms with van der Waals surface area (Å²) in [4.78, 5) is 16.4. The lowest BCUT2D eigenvalue weighted by Crippen LogP contribution is -2.28. The fourth-order valence-electron chi connectivity index (χ4n) is 1.95. The monoisotopic (exact) mass is 273 g/mol. The number of aromatic amines is 1. The summed E-state index contributed by atoms with van der Waals surface area (Å²) < 4.78 is 0. The lowest BCUT2D eigenvalue weighted by atomic mass is 10.1. The summed E-state index contributed by atoms with van der Waals surface area (Å²) in [5.74, 6) is -0.110. The van der Waals surface area contributed by atoms with Crippen LogP contribution in [0.3, 0.4) is 0 Å². The average molecular weight is 273 g/mol. The minimum absolute atomic E-state index is 0.192. The van der Waals surface area contributed by atoms with Gasteiger partial charge in [-0.15, -0.1) is 0 Å². The van der Waals surface area contributed by atoms with Crippen LogP contribution in [0.2, 0.25) is 0 Å². The van der Waals surface area contributed by atoms with Gasteiger partial charge in [0.25, 0.3) is 5.91 Å². The van der Waals surface area contributed by atoms with Gasteiger partial charge < -0.3 is 11.1 Å². The Labute approximate surface area is 117 Å². The second-order valence-electron chi connectivity index (χ2n) is 5.00. The Balaban J connectivity index is 2.13. The van der Waals surface area contributed by atoms with E-state index in [4.69, 9.17) is 5.73 Å². The number of hydrogen-bond donors (Lipinski definition) is 3. The highest BCUT2D eigenvalue weighted by Gasteiger charge is 2.20. The molecule has 1 amide bonds. The Morgan fingerprint density at radius 3 is 2.65 bits per heavy atom. The fraction of sp³-hybridized carbons (Fsp3) is 0.357. The molecule has 0 radical (unpaired) electrons. The summed E-state index contributed by atoms with van der Waals surface area (Å²) in [7, 11) is 0. The molecule has 106 valence electrons. The van der Waals surface area contributed by atoms with Crippen molar-refractivity contribution in [1.82, 2.24) is 20.5 Å².